The summed E-state index contributed by atoms with van der Waals surface area (Å²) in [6.07, 6.45) is 0. The maximum atomic E-state index is 12.4. The Morgan fingerprint density at radius 1 is 1.10 bits per heavy atom. The molecule has 0 aromatic heterocycles. The number of guanidine groups is 1. The second kappa shape index (κ2) is 11.6. The van der Waals surface area contributed by atoms with Gasteiger partial charge in [0, 0.05) is 38.3 Å². The molecule has 2 aromatic rings. The molecule has 0 heterocycles. The number of hydrogen-bond donors (Lipinski definition) is 2. The average molecular weight is 449 g/mol. The van der Waals surface area contributed by atoms with E-state index in [-0.39, 0.29) is 11.4 Å². The van der Waals surface area contributed by atoms with Gasteiger partial charge in [-0.25, -0.2) is 13.1 Å². The van der Waals surface area contributed by atoms with Crippen LogP contribution in [-0.4, -0.2) is 60.2 Å². The molecule has 2 N–H and O–H groups in total. The lowest BCUT2D eigenvalue weighted by Crippen LogP contribution is -2.39. The maximum Gasteiger partial charge on any atom is 0.240 e. The van der Waals surface area contributed by atoms with Gasteiger partial charge in [0.05, 0.1) is 25.7 Å². The van der Waals surface area contributed by atoms with Crippen LogP contribution >= 0.6 is 0 Å². The van der Waals surface area contributed by atoms with Crippen molar-refractivity contribution in [3.05, 3.63) is 53.6 Å². The number of ether oxygens (including phenoxy) is 2. The van der Waals surface area contributed by atoms with Crippen LogP contribution in [-0.2, 0) is 16.6 Å². The van der Waals surface area contributed by atoms with Crippen LogP contribution in [0.1, 0.15) is 18.1 Å². The fraction of sp³-hybridized carbons (Fsp3) is 0.409. The second-order valence-corrected chi connectivity index (χ2v) is 8.75. The van der Waals surface area contributed by atoms with Gasteiger partial charge < -0.3 is 19.7 Å². The maximum absolute atomic E-state index is 12.4. The molecule has 2 rings (SSSR count). The molecular weight excluding hydrogens is 416 g/mol. The topological polar surface area (TPSA) is 92.3 Å². The van der Waals surface area contributed by atoms with Crippen LogP contribution in [0.3, 0.4) is 0 Å². The monoisotopic (exact) mass is 448 g/mol. The summed E-state index contributed by atoms with van der Waals surface area (Å²) < 4.78 is 38.1. The number of nitrogens with one attached hydrogen (secondary N) is 2. The molecule has 31 heavy (non-hydrogen) atoms. The number of benzene rings is 2. The summed E-state index contributed by atoms with van der Waals surface area (Å²) in [5.74, 6) is 2.13. The Hall–Kier alpha value is -2.78. The van der Waals surface area contributed by atoms with E-state index < -0.39 is 10.0 Å². The van der Waals surface area contributed by atoms with E-state index in [9.17, 15) is 8.42 Å². The Labute approximate surface area is 185 Å². The van der Waals surface area contributed by atoms with Crippen molar-refractivity contribution in [2.75, 3.05) is 40.9 Å². The number of hydrogen-bond acceptors (Lipinski definition) is 5. The van der Waals surface area contributed by atoms with Crippen molar-refractivity contribution in [3.8, 4) is 11.5 Å². The Balaban J connectivity index is 2.01. The zero-order valence-corrected chi connectivity index (χ0v) is 19.6. The summed E-state index contributed by atoms with van der Waals surface area (Å²) >= 11 is 0. The van der Waals surface area contributed by atoms with Crippen molar-refractivity contribution < 1.29 is 17.9 Å². The van der Waals surface area contributed by atoms with Crippen LogP contribution in [0.2, 0.25) is 0 Å². The zero-order valence-electron chi connectivity index (χ0n) is 18.8. The lowest BCUT2D eigenvalue weighted by molar-refractivity contribution is 0.382. The van der Waals surface area contributed by atoms with Gasteiger partial charge in [0.1, 0.15) is 11.5 Å². The highest BCUT2D eigenvalue weighted by Crippen LogP contribution is 2.25. The van der Waals surface area contributed by atoms with Crippen LogP contribution < -0.4 is 19.5 Å². The van der Waals surface area contributed by atoms with Crippen molar-refractivity contribution in [1.82, 2.24) is 14.9 Å². The van der Waals surface area contributed by atoms with E-state index in [1.54, 1.807) is 38.5 Å². The SMILES string of the molecule is CCNC(=NCCNS(=O)(=O)c1ccc(C)cc1)N(C)Cc1ccc(OC)cc1OC. The van der Waals surface area contributed by atoms with Crippen LogP contribution in [0.4, 0.5) is 0 Å². The van der Waals surface area contributed by atoms with Gasteiger partial charge in [-0.05, 0) is 38.1 Å². The largest absolute Gasteiger partial charge is 0.497 e. The molecule has 9 heteroatoms. The summed E-state index contributed by atoms with van der Waals surface area (Å²) in [4.78, 5) is 6.76. The number of rotatable bonds is 10. The molecule has 0 aliphatic carbocycles. The minimum atomic E-state index is -3.55. The normalized spacial score (nSPS) is 11.8. The molecule has 0 amide bonds. The standard InChI is InChI=1S/C22H32N4O4S/c1-6-23-22(26(3)16-18-9-10-19(29-4)15-21(18)30-5)24-13-14-25-31(27,28)20-11-7-17(2)8-12-20/h7-12,15,25H,6,13-14,16H2,1-5H3,(H,23,24). The van der Waals surface area contributed by atoms with E-state index in [2.05, 4.69) is 15.0 Å². The van der Waals surface area contributed by atoms with Gasteiger partial charge in [0.2, 0.25) is 10.0 Å². The first kappa shape index (κ1) is 24.5. The molecule has 0 spiro atoms. The lowest BCUT2D eigenvalue weighted by atomic mass is 10.2. The number of nitrogens with zero attached hydrogens (tertiary/aromatic N) is 2. The molecule has 2 aromatic carbocycles. The minimum absolute atomic E-state index is 0.199. The quantitative estimate of drug-likeness (QED) is 0.329. The predicted octanol–water partition coefficient (Wildman–Crippen LogP) is 2.39. The van der Waals surface area contributed by atoms with Crippen LogP contribution in [0, 0.1) is 6.92 Å². The molecular formula is C22H32N4O4S. The highest BCUT2D eigenvalue weighted by Gasteiger charge is 2.14. The predicted molar refractivity (Wildman–Crippen MR) is 123 cm³/mol. The van der Waals surface area contributed by atoms with Crippen molar-refractivity contribution in [2.24, 2.45) is 4.99 Å². The van der Waals surface area contributed by atoms with Crippen LogP contribution in [0.5, 0.6) is 11.5 Å². The molecule has 0 aliphatic heterocycles. The molecule has 0 saturated heterocycles. The highest BCUT2D eigenvalue weighted by atomic mass is 32.2. The highest BCUT2D eigenvalue weighted by molar-refractivity contribution is 7.89. The van der Waals surface area contributed by atoms with Gasteiger partial charge in [-0.3, -0.25) is 4.99 Å². The lowest BCUT2D eigenvalue weighted by Gasteiger charge is -2.23. The molecule has 0 atom stereocenters. The van der Waals surface area contributed by atoms with Gasteiger partial charge in [0.15, 0.2) is 5.96 Å². The first-order chi connectivity index (χ1) is 14.8. The van der Waals surface area contributed by atoms with Crippen LogP contribution in [0.15, 0.2) is 52.4 Å². The number of sulfonamides is 1. The van der Waals surface area contributed by atoms with E-state index in [1.807, 2.05) is 44.0 Å². The number of methoxy groups -OCH3 is 2. The summed E-state index contributed by atoms with van der Waals surface area (Å²) in [5, 5.41) is 3.23. The van der Waals surface area contributed by atoms with Crippen LogP contribution in [0.25, 0.3) is 0 Å². The zero-order chi connectivity index (χ0) is 22.9. The van der Waals surface area contributed by atoms with E-state index in [0.29, 0.717) is 25.6 Å². The molecule has 0 aliphatic rings. The minimum Gasteiger partial charge on any atom is -0.497 e. The third-order valence-corrected chi connectivity index (χ3v) is 6.07. The van der Waals surface area contributed by atoms with Crippen molar-refractivity contribution in [1.29, 1.82) is 0 Å². The Bertz CT molecular complexity index is 976. The summed E-state index contributed by atoms with van der Waals surface area (Å²) in [6, 6.07) is 12.4. The van der Waals surface area contributed by atoms with Gasteiger partial charge in [0.25, 0.3) is 0 Å². The first-order valence-corrected chi connectivity index (χ1v) is 11.6. The Kier molecular flexibility index (Phi) is 9.14. The smallest absolute Gasteiger partial charge is 0.240 e. The average Bonchev–Trinajstić information content (AvgIpc) is 2.76. The first-order valence-electron chi connectivity index (χ1n) is 10.1. The van der Waals surface area contributed by atoms with E-state index in [0.717, 1.165) is 22.6 Å². The third-order valence-electron chi connectivity index (χ3n) is 4.59. The molecule has 0 bridgehead atoms. The van der Waals surface area contributed by atoms with E-state index in [1.165, 1.54) is 0 Å². The molecule has 0 saturated carbocycles. The fourth-order valence-corrected chi connectivity index (χ4v) is 3.95. The summed E-state index contributed by atoms with van der Waals surface area (Å²) in [6.45, 7) is 5.66. The van der Waals surface area contributed by atoms with Gasteiger partial charge >= 0.3 is 0 Å². The Morgan fingerprint density at radius 3 is 2.42 bits per heavy atom. The summed E-state index contributed by atoms with van der Waals surface area (Å²) in [5.41, 5.74) is 1.99. The van der Waals surface area contributed by atoms with Gasteiger partial charge in [-0.2, -0.15) is 0 Å². The number of aryl methyl sites for hydroxylation is 1. The fourth-order valence-electron chi connectivity index (χ4n) is 2.93. The molecule has 0 radical (unpaired) electrons. The van der Waals surface area contributed by atoms with Gasteiger partial charge in [-0.15, -0.1) is 0 Å². The molecule has 170 valence electrons. The van der Waals surface area contributed by atoms with Crippen molar-refractivity contribution in [2.45, 2.75) is 25.3 Å². The van der Waals surface area contributed by atoms with E-state index in [4.69, 9.17) is 9.47 Å². The number of aliphatic imine (C=N–C) groups is 1. The van der Waals surface area contributed by atoms with Gasteiger partial charge in [-0.1, -0.05) is 17.7 Å². The Morgan fingerprint density at radius 2 is 1.81 bits per heavy atom. The third kappa shape index (κ3) is 7.15. The molecule has 0 unspecified atom stereocenters. The van der Waals surface area contributed by atoms with Crippen molar-refractivity contribution >= 4 is 16.0 Å². The molecule has 0 fully saturated rings. The summed E-state index contributed by atoms with van der Waals surface area (Å²) in [7, 11) is 1.60. The second-order valence-electron chi connectivity index (χ2n) is 6.98. The molecule has 8 nitrogen and oxygen atoms in total. The van der Waals surface area contributed by atoms with Crippen molar-refractivity contribution in [3.63, 3.8) is 0 Å². The van der Waals surface area contributed by atoms with E-state index >= 15 is 0 Å².